The van der Waals surface area contributed by atoms with Gasteiger partial charge < -0.3 is 19.9 Å². The number of nitrogens with one attached hydrogen (secondary N) is 1. The van der Waals surface area contributed by atoms with Crippen LogP contribution >= 0.6 is 0 Å². The second-order valence-corrected chi connectivity index (χ2v) is 6.66. The molecule has 3 rings (SSSR count). The Bertz CT molecular complexity index is 810. The van der Waals surface area contributed by atoms with Gasteiger partial charge in [0.25, 0.3) is 0 Å². The molecule has 1 aliphatic heterocycles. The average Bonchev–Trinajstić information content (AvgIpc) is 2.58. The van der Waals surface area contributed by atoms with Crippen LogP contribution in [0, 0.1) is 11.9 Å². The molecule has 7 heteroatoms. The molecule has 2 heterocycles. The van der Waals surface area contributed by atoms with E-state index in [0.29, 0.717) is 29.4 Å². The molecule has 26 heavy (non-hydrogen) atoms. The predicted octanol–water partition coefficient (Wildman–Crippen LogP) is 3.84. The number of pyridine rings is 1. The molecule has 0 bridgehead atoms. The summed E-state index contributed by atoms with van der Waals surface area (Å²) in [5, 5.41) is 11.4. The van der Waals surface area contributed by atoms with E-state index in [1.165, 1.54) is 6.20 Å². The Morgan fingerprint density at radius 2 is 2.19 bits per heavy atom. The van der Waals surface area contributed by atoms with E-state index in [9.17, 15) is 9.18 Å². The van der Waals surface area contributed by atoms with Gasteiger partial charge in [0.1, 0.15) is 24.7 Å². The number of amides is 1. The van der Waals surface area contributed by atoms with Crippen molar-refractivity contribution < 1.29 is 23.8 Å². The van der Waals surface area contributed by atoms with Gasteiger partial charge in [-0.1, -0.05) is 13.8 Å². The number of hydrogen-bond donors (Lipinski definition) is 2. The minimum atomic E-state index is -1.07. The van der Waals surface area contributed by atoms with Crippen LogP contribution in [0.1, 0.15) is 25.8 Å². The van der Waals surface area contributed by atoms with E-state index in [-0.39, 0.29) is 19.3 Å². The summed E-state index contributed by atoms with van der Waals surface area (Å²) in [5.41, 5.74) is 1.98. The highest BCUT2D eigenvalue weighted by Gasteiger charge is 2.21. The van der Waals surface area contributed by atoms with Crippen molar-refractivity contribution in [2.24, 2.45) is 5.92 Å². The van der Waals surface area contributed by atoms with Crippen molar-refractivity contribution in [3.8, 4) is 22.6 Å². The van der Waals surface area contributed by atoms with E-state index in [0.717, 1.165) is 11.1 Å². The van der Waals surface area contributed by atoms with Gasteiger partial charge in [0.2, 0.25) is 5.95 Å². The zero-order valence-electron chi connectivity index (χ0n) is 14.7. The summed E-state index contributed by atoms with van der Waals surface area (Å²) in [6.45, 7) is 4.38. The van der Waals surface area contributed by atoms with Crippen LogP contribution in [-0.2, 0) is 6.61 Å². The third-order valence-electron chi connectivity index (χ3n) is 4.15. The Balaban J connectivity index is 1.74. The summed E-state index contributed by atoms with van der Waals surface area (Å²) in [6.07, 6.45) is 1.04. The predicted molar refractivity (Wildman–Crippen MR) is 93.9 cm³/mol. The van der Waals surface area contributed by atoms with Crippen LogP contribution in [0.15, 0.2) is 30.5 Å². The highest BCUT2D eigenvalue weighted by Crippen LogP contribution is 2.39. The lowest BCUT2D eigenvalue weighted by Crippen LogP contribution is -2.39. The highest BCUT2D eigenvalue weighted by molar-refractivity contribution is 5.75. The van der Waals surface area contributed by atoms with Crippen LogP contribution in [0.25, 0.3) is 11.1 Å². The second kappa shape index (κ2) is 7.59. The normalized spacial score (nSPS) is 13.4. The lowest BCUT2D eigenvalue weighted by molar-refractivity contribution is 0.176. The summed E-state index contributed by atoms with van der Waals surface area (Å²) >= 11 is 0. The number of ether oxygens (including phenoxy) is 2. The largest absolute Gasteiger partial charge is 0.491 e. The van der Waals surface area contributed by atoms with E-state index in [1.807, 2.05) is 19.9 Å². The van der Waals surface area contributed by atoms with Crippen molar-refractivity contribution in [1.82, 2.24) is 10.3 Å². The molecule has 1 unspecified atom stereocenters. The first-order chi connectivity index (χ1) is 12.4. The third-order valence-corrected chi connectivity index (χ3v) is 4.15. The number of carbonyl (C=O) groups is 1. The summed E-state index contributed by atoms with van der Waals surface area (Å²) in [5.74, 6) is 0.988. The number of nitrogens with zero attached hydrogens (tertiary/aromatic N) is 1. The Hall–Kier alpha value is -2.83. The molecule has 6 nitrogen and oxygen atoms in total. The number of halogens is 1. The number of aromatic nitrogens is 1. The third kappa shape index (κ3) is 4.04. The van der Waals surface area contributed by atoms with Crippen LogP contribution in [0.4, 0.5) is 9.18 Å². The van der Waals surface area contributed by atoms with Crippen molar-refractivity contribution in [3.63, 3.8) is 0 Å². The maximum absolute atomic E-state index is 13.8. The van der Waals surface area contributed by atoms with Crippen molar-refractivity contribution in [1.29, 1.82) is 0 Å². The fourth-order valence-corrected chi connectivity index (χ4v) is 3.05. The van der Waals surface area contributed by atoms with E-state index in [2.05, 4.69) is 10.3 Å². The van der Waals surface area contributed by atoms with E-state index < -0.39 is 12.0 Å². The SMILES string of the molecule is CC(C)CC(COc1ccc2c(c1)OCc1c-2ccnc1F)NC(=O)O. The van der Waals surface area contributed by atoms with Gasteiger partial charge in [-0.3, -0.25) is 0 Å². The van der Waals surface area contributed by atoms with Crippen LogP contribution < -0.4 is 14.8 Å². The number of rotatable bonds is 6. The first-order valence-electron chi connectivity index (χ1n) is 8.47. The van der Waals surface area contributed by atoms with Gasteiger partial charge in [-0.15, -0.1) is 0 Å². The molecule has 0 saturated heterocycles. The van der Waals surface area contributed by atoms with Crippen molar-refractivity contribution in [3.05, 3.63) is 42.0 Å². The van der Waals surface area contributed by atoms with Gasteiger partial charge in [0, 0.05) is 17.8 Å². The molecule has 1 atom stereocenters. The molecule has 1 aliphatic rings. The van der Waals surface area contributed by atoms with Crippen LogP contribution in [-0.4, -0.2) is 28.8 Å². The molecule has 138 valence electrons. The topological polar surface area (TPSA) is 80.7 Å². The lowest BCUT2D eigenvalue weighted by Gasteiger charge is -2.22. The van der Waals surface area contributed by atoms with Gasteiger partial charge in [-0.2, -0.15) is 4.39 Å². The average molecular weight is 360 g/mol. The summed E-state index contributed by atoms with van der Waals surface area (Å²) in [4.78, 5) is 14.6. The smallest absolute Gasteiger partial charge is 0.404 e. The van der Waals surface area contributed by atoms with Gasteiger partial charge >= 0.3 is 6.09 Å². The quantitative estimate of drug-likeness (QED) is 0.765. The number of fused-ring (bicyclic) bond motifs is 3. The van der Waals surface area contributed by atoms with Gasteiger partial charge in [0.15, 0.2) is 0 Å². The molecular formula is C19H21FN2O4. The monoisotopic (exact) mass is 360 g/mol. The van der Waals surface area contributed by atoms with Gasteiger partial charge in [-0.05, 0) is 36.1 Å². The van der Waals surface area contributed by atoms with E-state index in [4.69, 9.17) is 14.6 Å². The van der Waals surface area contributed by atoms with Gasteiger partial charge in [0.05, 0.1) is 11.6 Å². The Morgan fingerprint density at radius 3 is 2.92 bits per heavy atom. The maximum Gasteiger partial charge on any atom is 0.404 e. The Morgan fingerprint density at radius 1 is 1.38 bits per heavy atom. The summed E-state index contributed by atoms with van der Waals surface area (Å²) < 4.78 is 25.2. The Labute approximate surface area is 151 Å². The first-order valence-corrected chi connectivity index (χ1v) is 8.47. The van der Waals surface area contributed by atoms with Gasteiger partial charge in [-0.25, -0.2) is 9.78 Å². The molecule has 0 spiro atoms. The summed E-state index contributed by atoms with van der Waals surface area (Å²) in [6, 6.07) is 6.78. The molecule has 0 radical (unpaired) electrons. The summed E-state index contributed by atoms with van der Waals surface area (Å²) in [7, 11) is 0. The van der Waals surface area contributed by atoms with E-state index >= 15 is 0 Å². The molecule has 1 aromatic heterocycles. The van der Waals surface area contributed by atoms with Crippen LogP contribution in [0.5, 0.6) is 11.5 Å². The fraction of sp³-hybridized carbons (Fsp3) is 0.368. The lowest BCUT2D eigenvalue weighted by atomic mass is 9.98. The number of carboxylic acid groups (broad SMARTS) is 1. The highest BCUT2D eigenvalue weighted by atomic mass is 19.1. The molecule has 2 aromatic rings. The molecule has 1 aromatic carbocycles. The zero-order valence-corrected chi connectivity index (χ0v) is 14.7. The zero-order chi connectivity index (χ0) is 18.7. The Kier molecular flexibility index (Phi) is 5.25. The van der Waals surface area contributed by atoms with Crippen molar-refractivity contribution >= 4 is 6.09 Å². The van der Waals surface area contributed by atoms with Crippen molar-refractivity contribution in [2.75, 3.05) is 6.61 Å². The first kappa shape index (κ1) is 18.0. The van der Waals surface area contributed by atoms with Crippen molar-refractivity contribution in [2.45, 2.75) is 32.9 Å². The second-order valence-electron chi connectivity index (χ2n) is 6.66. The standard InChI is InChI=1S/C19H21FN2O4/c1-11(2)7-12(22-19(23)24)9-25-13-3-4-15-14-5-6-21-18(20)16(14)10-26-17(15)8-13/h3-6,8,11-12,22H,7,9-10H2,1-2H3,(H,23,24). The maximum atomic E-state index is 13.8. The molecule has 1 amide bonds. The van der Waals surface area contributed by atoms with Crippen LogP contribution in [0.3, 0.4) is 0 Å². The molecule has 0 aliphatic carbocycles. The van der Waals surface area contributed by atoms with E-state index in [1.54, 1.807) is 18.2 Å². The number of benzene rings is 1. The fourth-order valence-electron chi connectivity index (χ4n) is 3.05. The molecule has 0 fully saturated rings. The minimum Gasteiger partial charge on any atom is -0.491 e. The molecular weight excluding hydrogens is 339 g/mol. The minimum absolute atomic E-state index is 0.113. The van der Waals surface area contributed by atoms with Crippen LogP contribution in [0.2, 0.25) is 0 Å². The molecule has 0 saturated carbocycles. The molecule has 2 N–H and O–H groups in total. The number of hydrogen-bond acceptors (Lipinski definition) is 4.